The molecule has 0 saturated carbocycles. The van der Waals surface area contributed by atoms with Crippen molar-refractivity contribution in [3.8, 4) is 0 Å². The molecule has 0 fully saturated rings. The van der Waals surface area contributed by atoms with Gasteiger partial charge < -0.3 is 15.2 Å². The van der Waals surface area contributed by atoms with Crippen LogP contribution < -0.4 is 5.32 Å². The standard InChI is InChI=1S/C10H16N4O4/c1-7(6-18-2)3-11-9(15)5-14-4-8(10(16)17)12-13-14/h4,7H,3,5-6H2,1-2H3,(H,11,15)(H,16,17). The molecule has 100 valence electrons. The second-order valence-electron chi connectivity index (χ2n) is 3.97. The van der Waals surface area contributed by atoms with Crippen LogP contribution in [0.1, 0.15) is 17.4 Å². The number of hydrogen-bond acceptors (Lipinski definition) is 5. The molecule has 0 aliphatic rings. The zero-order valence-corrected chi connectivity index (χ0v) is 10.3. The van der Waals surface area contributed by atoms with Crippen molar-refractivity contribution in [2.75, 3.05) is 20.3 Å². The molecule has 1 heterocycles. The van der Waals surface area contributed by atoms with Crippen molar-refractivity contribution in [2.45, 2.75) is 13.5 Å². The minimum atomic E-state index is -1.17. The molecular weight excluding hydrogens is 240 g/mol. The highest BCUT2D eigenvalue weighted by Gasteiger charge is 2.11. The summed E-state index contributed by atoms with van der Waals surface area (Å²) < 4.78 is 6.12. The van der Waals surface area contributed by atoms with Gasteiger partial charge in [-0.2, -0.15) is 0 Å². The number of nitrogens with one attached hydrogen (secondary N) is 1. The van der Waals surface area contributed by atoms with Gasteiger partial charge in [0.1, 0.15) is 6.54 Å². The maximum Gasteiger partial charge on any atom is 0.358 e. The number of aromatic carboxylic acids is 1. The molecule has 1 aromatic rings. The molecule has 8 nitrogen and oxygen atoms in total. The third-order valence-corrected chi connectivity index (χ3v) is 2.16. The lowest BCUT2D eigenvalue weighted by atomic mass is 10.2. The van der Waals surface area contributed by atoms with Gasteiger partial charge in [0.15, 0.2) is 5.69 Å². The molecule has 1 atom stereocenters. The smallest absolute Gasteiger partial charge is 0.358 e. The van der Waals surface area contributed by atoms with Gasteiger partial charge in [0.25, 0.3) is 0 Å². The minimum absolute atomic E-state index is 0.0556. The summed E-state index contributed by atoms with van der Waals surface area (Å²) in [5.41, 5.74) is -0.185. The zero-order chi connectivity index (χ0) is 13.5. The van der Waals surface area contributed by atoms with Crippen molar-refractivity contribution < 1.29 is 19.4 Å². The number of carbonyl (C=O) groups is 2. The van der Waals surface area contributed by atoms with E-state index in [4.69, 9.17) is 9.84 Å². The Morgan fingerprint density at radius 2 is 2.33 bits per heavy atom. The van der Waals surface area contributed by atoms with Crippen LogP contribution in [0.15, 0.2) is 6.20 Å². The predicted molar refractivity (Wildman–Crippen MR) is 61.0 cm³/mol. The molecule has 0 saturated heterocycles. The van der Waals surface area contributed by atoms with E-state index in [2.05, 4.69) is 15.6 Å². The van der Waals surface area contributed by atoms with E-state index in [1.807, 2.05) is 6.92 Å². The van der Waals surface area contributed by atoms with Crippen molar-refractivity contribution in [2.24, 2.45) is 5.92 Å². The van der Waals surface area contributed by atoms with Crippen LogP contribution >= 0.6 is 0 Å². The molecule has 0 aliphatic carbocycles. The molecule has 1 unspecified atom stereocenters. The summed E-state index contributed by atoms with van der Waals surface area (Å²) in [4.78, 5) is 22.1. The van der Waals surface area contributed by atoms with Gasteiger partial charge in [0, 0.05) is 13.7 Å². The van der Waals surface area contributed by atoms with E-state index in [-0.39, 0.29) is 24.1 Å². The summed E-state index contributed by atoms with van der Waals surface area (Å²) in [6.07, 6.45) is 1.21. The summed E-state index contributed by atoms with van der Waals surface area (Å²) in [7, 11) is 1.60. The Labute approximate surface area is 104 Å². The average Bonchev–Trinajstić information content (AvgIpc) is 2.75. The van der Waals surface area contributed by atoms with Gasteiger partial charge >= 0.3 is 5.97 Å². The summed E-state index contributed by atoms with van der Waals surface area (Å²) in [6.45, 7) is 2.95. The van der Waals surface area contributed by atoms with Gasteiger partial charge in [-0.15, -0.1) is 5.10 Å². The van der Waals surface area contributed by atoms with Gasteiger partial charge in [-0.05, 0) is 5.92 Å². The molecular formula is C10H16N4O4. The predicted octanol–water partition coefficient (Wildman–Crippen LogP) is -0.625. The second kappa shape index (κ2) is 6.70. The second-order valence-corrected chi connectivity index (χ2v) is 3.97. The number of aromatic nitrogens is 3. The topological polar surface area (TPSA) is 106 Å². The molecule has 1 rings (SSSR count). The first-order valence-electron chi connectivity index (χ1n) is 5.42. The van der Waals surface area contributed by atoms with Crippen molar-refractivity contribution >= 4 is 11.9 Å². The first kappa shape index (κ1) is 14.1. The lowest BCUT2D eigenvalue weighted by Gasteiger charge is -2.11. The number of hydrogen-bond donors (Lipinski definition) is 2. The number of methoxy groups -OCH3 is 1. The Bertz CT molecular complexity index is 418. The number of carbonyl (C=O) groups excluding carboxylic acids is 1. The normalized spacial score (nSPS) is 12.1. The monoisotopic (exact) mass is 256 g/mol. The zero-order valence-electron chi connectivity index (χ0n) is 10.3. The summed E-state index contributed by atoms with van der Waals surface area (Å²) in [5.74, 6) is -1.21. The first-order valence-corrected chi connectivity index (χ1v) is 5.42. The van der Waals surface area contributed by atoms with E-state index >= 15 is 0 Å². The number of amides is 1. The van der Waals surface area contributed by atoms with E-state index < -0.39 is 5.97 Å². The van der Waals surface area contributed by atoms with Crippen molar-refractivity contribution in [1.82, 2.24) is 20.3 Å². The molecule has 0 bridgehead atoms. The van der Waals surface area contributed by atoms with Crippen LogP contribution in [0.4, 0.5) is 0 Å². The lowest BCUT2D eigenvalue weighted by molar-refractivity contribution is -0.122. The fraction of sp³-hybridized carbons (Fsp3) is 0.600. The molecule has 1 amide bonds. The molecule has 0 aliphatic heterocycles. The summed E-state index contributed by atoms with van der Waals surface area (Å²) in [6, 6.07) is 0. The largest absolute Gasteiger partial charge is 0.476 e. The minimum Gasteiger partial charge on any atom is -0.476 e. The van der Waals surface area contributed by atoms with Crippen LogP contribution in [0.3, 0.4) is 0 Å². The van der Waals surface area contributed by atoms with Gasteiger partial charge in [-0.3, -0.25) is 4.79 Å². The molecule has 18 heavy (non-hydrogen) atoms. The Kier molecular flexibility index (Phi) is 5.25. The quantitative estimate of drug-likeness (QED) is 0.673. The van der Waals surface area contributed by atoms with Crippen LogP contribution in [0.5, 0.6) is 0 Å². The van der Waals surface area contributed by atoms with Crippen LogP contribution in [-0.4, -0.2) is 52.2 Å². The van der Waals surface area contributed by atoms with E-state index in [1.54, 1.807) is 7.11 Å². The maximum atomic E-state index is 11.5. The fourth-order valence-corrected chi connectivity index (χ4v) is 1.31. The van der Waals surface area contributed by atoms with E-state index in [9.17, 15) is 9.59 Å². The number of carboxylic acid groups (broad SMARTS) is 1. The van der Waals surface area contributed by atoms with Gasteiger partial charge in [0.05, 0.1) is 12.8 Å². The number of rotatable bonds is 7. The average molecular weight is 256 g/mol. The summed E-state index contributed by atoms with van der Waals surface area (Å²) in [5, 5.41) is 18.3. The Balaban J connectivity index is 2.37. The van der Waals surface area contributed by atoms with Crippen LogP contribution in [0.25, 0.3) is 0 Å². The maximum absolute atomic E-state index is 11.5. The van der Waals surface area contributed by atoms with Crippen LogP contribution in [0, 0.1) is 5.92 Å². The summed E-state index contributed by atoms with van der Waals surface area (Å²) >= 11 is 0. The number of ether oxygens (including phenoxy) is 1. The third kappa shape index (κ3) is 4.50. The highest BCUT2D eigenvalue weighted by molar-refractivity contribution is 5.84. The molecule has 0 radical (unpaired) electrons. The van der Waals surface area contributed by atoms with Gasteiger partial charge in [-0.1, -0.05) is 12.1 Å². The Hall–Kier alpha value is -1.96. The molecule has 8 heteroatoms. The Morgan fingerprint density at radius 3 is 2.89 bits per heavy atom. The first-order chi connectivity index (χ1) is 8.52. The highest BCUT2D eigenvalue weighted by atomic mass is 16.5. The van der Waals surface area contributed by atoms with Crippen molar-refractivity contribution in [3.63, 3.8) is 0 Å². The number of nitrogens with zero attached hydrogens (tertiary/aromatic N) is 3. The molecule has 1 aromatic heterocycles. The lowest BCUT2D eigenvalue weighted by Crippen LogP contribution is -2.32. The SMILES string of the molecule is COCC(C)CNC(=O)Cn1cc(C(=O)O)nn1. The van der Waals surface area contributed by atoms with E-state index in [0.717, 1.165) is 0 Å². The van der Waals surface area contributed by atoms with Crippen LogP contribution in [-0.2, 0) is 16.1 Å². The highest BCUT2D eigenvalue weighted by Crippen LogP contribution is 1.94. The number of carboxylic acids is 1. The van der Waals surface area contributed by atoms with Crippen molar-refractivity contribution in [3.05, 3.63) is 11.9 Å². The third-order valence-electron chi connectivity index (χ3n) is 2.16. The van der Waals surface area contributed by atoms with Crippen molar-refractivity contribution in [1.29, 1.82) is 0 Å². The molecule has 0 aromatic carbocycles. The van der Waals surface area contributed by atoms with Gasteiger partial charge in [-0.25, -0.2) is 9.48 Å². The molecule has 2 N–H and O–H groups in total. The van der Waals surface area contributed by atoms with Crippen LogP contribution in [0.2, 0.25) is 0 Å². The molecule has 0 spiro atoms. The van der Waals surface area contributed by atoms with Gasteiger partial charge in [0.2, 0.25) is 5.91 Å². The van der Waals surface area contributed by atoms with E-state index in [1.165, 1.54) is 10.9 Å². The fourth-order valence-electron chi connectivity index (χ4n) is 1.31. The Morgan fingerprint density at radius 1 is 1.61 bits per heavy atom. The van der Waals surface area contributed by atoms with E-state index in [0.29, 0.717) is 13.2 Å².